The van der Waals surface area contributed by atoms with Gasteiger partial charge >= 0.3 is 0 Å². The van der Waals surface area contributed by atoms with Crippen LogP contribution in [0.1, 0.15) is 24.4 Å². The van der Waals surface area contributed by atoms with Gasteiger partial charge in [-0.15, -0.1) is 0 Å². The Morgan fingerprint density at radius 1 is 1.50 bits per heavy atom. The lowest BCUT2D eigenvalue weighted by Gasteiger charge is -2.04. The standard InChI is InChI=1S/C12H18N2O2/c1-9-2-5-11(16-9)6-7-13-12(15)8-14-10-3-4-10/h2,5,10,14H,3-4,6-8H2,1H3,(H,13,15). The number of furan rings is 1. The Labute approximate surface area is 95.4 Å². The maximum atomic E-state index is 11.4. The molecule has 0 spiro atoms. The van der Waals surface area contributed by atoms with Gasteiger partial charge in [0.2, 0.25) is 5.91 Å². The fourth-order valence-electron chi connectivity index (χ4n) is 1.53. The van der Waals surface area contributed by atoms with Gasteiger partial charge in [0.25, 0.3) is 0 Å². The minimum atomic E-state index is 0.0650. The summed E-state index contributed by atoms with van der Waals surface area (Å²) in [6.45, 7) is 2.99. The maximum Gasteiger partial charge on any atom is 0.233 e. The van der Waals surface area contributed by atoms with Crippen molar-refractivity contribution >= 4 is 5.91 Å². The summed E-state index contributed by atoms with van der Waals surface area (Å²) >= 11 is 0. The molecule has 1 amide bonds. The zero-order chi connectivity index (χ0) is 11.4. The summed E-state index contributed by atoms with van der Waals surface area (Å²) in [5.41, 5.74) is 0. The first-order valence-corrected chi connectivity index (χ1v) is 5.79. The van der Waals surface area contributed by atoms with Crippen LogP contribution in [0.25, 0.3) is 0 Å². The summed E-state index contributed by atoms with van der Waals surface area (Å²) < 4.78 is 5.41. The molecule has 4 nitrogen and oxygen atoms in total. The quantitative estimate of drug-likeness (QED) is 0.755. The Morgan fingerprint density at radius 2 is 2.31 bits per heavy atom. The predicted octanol–water partition coefficient (Wildman–Crippen LogP) is 0.999. The third-order valence-corrected chi connectivity index (χ3v) is 2.62. The molecule has 1 fully saturated rings. The number of amides is 1. The van der Waals surface area contributed by atoms with Crippen LogP contribution in [0.3, 0.4) is 0 Å². The molecule has 0 bridgehead atoms. The maximum absolute atomic E-state index is 11.4. The number of aryl methyl sites for hydroxylation is 1. The molecule has 0 atom stereocenters. The van der Waals surface area contributed by atoms with Gasteiger partial charge in [-0.05, 0) is 31.9 Å². The number of rotatable bonds is 6. The molecule has 4 heteroatoms. The number of carbonyl (C=O) groups excluding carboxylic acids is 1. The molecule has 1 aliphatic carbocycles. The smallest absolute Gasteiger partial charge is 0.233 e. The fourth-order valence-corrected chi connectivity index (χ4v) is 1.53. The summed E-state index contributed by atoms with van der Waals surface area (Å²) in [5.74, 6) is 1.90. The van der Waals surface area contributed by atoms with E-state index in [2.05, 4.69) is 10.6 Å². The average molecular weight is 222 g/mol. The van der Waals surface area contributed by atoms with Gasteiger partial charge in [-0.2, -0.15) is 0 Å². The monoisotopic (exact) mass is 222 g/mol. The van der Waals surface area contributed by atoms with Gasteiger partial charge in [-0.25, -0.2) is 0 Å². The lowest BCUT2D eigenvalue weighted by molar-refractivity contribution is -0.120. The Balaban J connectivity index is 1.57. The van der Waals surface area contributed by atoms with Gasteiger partial charge < -0.3 is 15.1 Å². The van der Waals surface area contributed by atoms with Gasteiger partial charge in [0.15, 0.2) is 0 Å². The summed E-state index contributed by atoms with van der Waals surface area (Å²) in [4.78, 5) is 11.4. The molecule has 16 heavy (non-hydrogen) atoms. The minimum Gasteiger partial charge on any atom is -0.466 e. The summed E-state index contributed by atoms with van der Waals surface area (Å²) in [6.07, 6.45) is 3.17. The lowest BCUT2D eigenvalue weighted by Crippen LogP contribution is -2.35. The SMILES string of the molecule is Cc1ccc(CCNC(=O)CNC2CC2)o1. The van der Waals surface area contributed by atoms with Gasteiger partial charge in [-0.3, -0.25) is 4.79 Å². The number of hydrogen-bond acceptors (Lipinski definition) is 3. The normalized spacial score (nSPS) is 15.1. The molecular formula is C12H18N2O2. The van der Waals surface area contributed by atoms with Crippen LogP contribution in [-0.2, 0) is 11.2 Å². The van der Waals surface area contributed by atoms with Crippen molar-refractivity contribution in [3.63, 3.8) is 0 Å². The van der Waals surface area contributed by atoms with E-state index in [0.29, 0.717) is 19.1 Å². The van der Waals surface area contributed by atoms with Gasteiger partial charge in [-0.1, -0.05) is 0 Å². The van der Waals surface area contributed by atoms with Crippen molar-refractivity contribution in [2.24, 2.45) is 0 Å². The Bertz CT molecular complexity index is 356. The third kappa shape index (κ3) is 3.70. The molecule has 2 N–H and O–H groups in total. The van der Waals surface area contributed by atoms with Crippen molar-refractivity contribution in [3.8, 4) is 0 Å². The molecule has 0 aliphatic heterocycles. The van der Waals surface area contributed by atoms with Crippen molar-refractivity contribution < 1.29 is 9.21 Å². The van der Waals surface area contributed by atoms with Crippen LogP contribution in [0, 0.1) is 6.92 Å². The Kier molecular flexibility index (Phi) is 3.62. The second kappa shape index (κ2) is 5.16. The molecule has 1 aliphatic rings. The highest BCUT2D eigenvalue weighted by molar-refractivity contribution is 5.78. The molecule has 1 heterocycles. The van der Waals surface area contributed by atoms with E-state index in [1.54, 1.807) is 0 Å². The molecule has 88 valence electrons. The first kappa shape index (κ1) is 11.2. The van der Waals surface area contributed by atoms with Gasteiger partial charge in [0.05, 0.1) is 6.54 Å². The molecule has 0 aromatic carbocycles. The second-order valence-electron chi connectivity index (χ2n) is 4.27. The van der Waals surface area contributed by atoms with Crippen LogP contribution in [-0.4, -0.2) is 25.0 Å². The fraction of sp³-hybridized carbons (Fsp3) is 0.583. The molecule has 0 radical (unpaired) electrons. The van der Waals surface area contributed by atoms with Crippen molar-refractivity contribution in [3.05, 3.63) is 23.7 Å². The Morgan fingerprint density at radius 3 is 2.94 bits per heavy atom. The van der Waals surface area contributed by atoms with Crippen LogP contribution in [0.2, 0.25) is 0 Å². The van der Waals surface area contributed by atoms with E-state index in [4.69, 9.17) is 4.42 Å². The van der Waals surface area contributed by atoms with E-state index in [0.717, 1.165) is 17.9 Å². The highest BCUT2D eigenvalue weighted by Gasteiger charge is 2.20. The third-order valence-electron chi connectivity index (χ3n) is 2.62. The van der Waals surface area contributed by atoms with Crippen molar-refractivity contribution in [2.45, 2.75) is 32.2 Å². The van der Waals surface area contributed by atoms with E-state index in [9.17, 15) is 4.79 Å². The summed E-state index contributed by atoms with van der Waals surface area (Å²) in [6, 6.07) is 4.47. The van der Waals surface area contributed by atoms with Gasteiger partial charge in [0.1, 0.15) is 11.5 Å². The summed E-state index contributed by atoms with van der Waals surface area (Å²) in [7, 11) is 0. The van der Waals surface area contributed by atoms with E-state index >= 15 is 0 Å². The molecular weight excluding hydrogens is 204 g/mol. The van der Waals surface area contributed by atoms with E-state index in [1.165, 1.54) is 12.8 Å². The Hall–Kier alpha value is -1.29. The number of nitrogens with one attached hydrogen (secondary N) is 2. The number of carbonyl (C=O) groups is 1. The molecule has 1 aromatic heterocycles. The topological polar surface area (TPSA) is 54.3 Å². The van der Waals surface area contributed by atoms with Crippen LogP contribution < -0.4 is 10.6 Å². The van der Waals surface area contributed by atoms with Crippen molar-refractivity contribution in [1.82, 2.24) is 10.6 Å². The highest BCUT2D eigenvalue weighted by atomic mass is 16.3. The molecule has 1 aromatic rings. The summed E-state index contributed by atoms with van der Waals surface area (Å²) in [5, 5.41) is 6.04. The average Bonchev–Trinajstić information content (AvgIpc) is 2.99. The predicted molar refractivity (Wildman–Crippen MR) is 61.2 cm³/mol. The van der Waals surface area contributed by atoms with Crippen molar-refractivity contribution in [2.75, 3.05) is 13.1 Å². The molecule has 1 saturated carbocycles. The molecule has 0 saturated heterocycles. The van der Waals surface area contributed by atoms with Crippen LogP contribution in [0.5, 0.6) is 0 Å². The van der Waals surface area contributed by atoms with E-state index in [1.807, 2.05) is 19.1 Å². The van der Waals surface area contributed by atoms with Crippen LogP contribution in [0.4, 0.5) is 0 Å². The molecule has 0 unspecified atom stereocenters. The minimum absolute atomic E-state index is 0.0650. The lowest BCUT2D eigenvalue weighted by atomic mass is 10.3. The highest BCUT2D eigenvalue weighted by Crippen LogP contribution is 2.17. The second-order valence-corrected chi connectivity index (χ2v) is 4.27. The molecule has 2 rings (SSSR count). The largest absolute Gasteiger partial charge is 0.466 e. The van der Waals surface area contributed by atoms with Crippen molar-refractivity contribution in [1.29, 1.82) is 0 Å². The zero-order valence-electron chi connectivity index (χ0n) is 9.58. The number of hydrogen-bond donors (Lipinski definition) is 2. The van der Waals surface area contributed by atoms with E-state index < -0.39 is 0 Å². The van der Waals surface area contributed by atoms with Gasteiger partial charge in [0, 0.05) is 19.0 Å². The van der Waals surface area contributed by atoms with E-state index in [-0.39, 0.29) is 5.91 Å². The zero-order valence-corrected chi connectivity index (χ0v) is 9.58. The first-order valence-electron chi connectivity index (χ1n) is 5.79. The first-order chi connectivity index (χ1) is 7.74. The van der Waals surface area contributed by atoms with Crippen LogP contribution in [0.15, 0.2) is 16.5 Å². The van der Waals surface area contributed by atoms with Crippen LogP contribution >= 0.6 is 0 Å².